The highest BCUT2D eigenvalue weighted by Gasteiger charge is 2.45. The van der Waals surface area contributed by atoms with E-state index < -0.39 is 5.92 Å². The van der Waals surface area contributed by atoms with Crippen LogP contribution in [0.4, 0.5) is 8.78 Å². The summed E-state index contributed by atoms with van der Waals surface area (Å²) >= 11 is 1.89. The van der Waals surface area contributed by atoms with Crippen molar-refractivity contribution in [2.75, 3.05) is 11.5 Å². The van der Waals surface area contributed by atoms with Gasteiger partial charge in [0, 0.05) is 25.7 Å². The predicted octanol–water partition coefficient (Wildman–Crippen LogP) is 3.13. The maximum atomic E-state index is 12.5. The first kappa shape index (κ1) is 11.4. The van der Waals surface area contributed by atoms with Gasteiger partial charge in [-0.1, -0.05) is 0 Å². The number of alkyl halides is 2. The summed E-state index contributed by atoms with van der Waals surface area (Å²) in [6.45, 7) is 0. The largest absolute Gasteiger partial charge is 0.300 e. The normalized spacial score (nSPS) is 30.1. The van der Waals surface area contributed by atoms with Crippen molar-refractivity contribution in [1.29, 1.82) is 0 Å². The van der Waals surface area contributed by atoms with E-state index in [9.17, 15) is 13.6 Å². The lowest BCUT2D eigenvalue weighted by Crippen LogP contribution is -2.36. The fourth-order valence-corrected chi connectivity index (χ4v) is 3.69. The molecule has 2 rings (SSSR count). The van der Waals surface area contributed by atoms with Gasteiger partial charge in [-0.05, 0) is 29.8 Å². The van der Waals surface area contributed by atoms with Gasteiger partial charge in [0.05, 0.1) is 0 Å². The van der Waals surface area contributed by atoms with Crippen LogP contribution in [0.25, 0.3) is 0 Å². The summed E-state index contributed by atoms with van der Waals surface area (Å²) in [6, 6.07) is 0. The van der Waals surface area contributed by atoms with Crippen molar-refractivity contribution in [3.8, 4) is 0 Å². The van der Waals surface area contributed by atoms with Crippen LogP contribution >= 0.6 is 11.8 Å². The van der Waals surface area contributed by atoms with E-state index in [0.29, 0.717) is 18.8 Å². The summed E-state index contributed by atoms with van der Waals surface area (Å²) in [5.74, 6) is 0.424. The van der Waals surface area contributed by atoms with Gasteiger partial charge < -0.3 is 0 Å². The van der Waals surface area contributed by atoms with Gasteiger partial charge in [0.15, 0.2) is 0 Å². The van der Waals surface area contributed by atoms with Gasteiger partial charge in [-0.2, -0.15) is 11.8 Å². The minimum Gasteiger partial charge on any atom is -0.300 e. The summed E-state index contributed by atoms with van der Waals surface area (Å²) in [4.78, 5) is 11.6. The van der Waals surface area contributed by atoms with Gasteiger partial charge in [-0.3, -0.25) is 4.79 Å². The lowest BCUT2D eigenvalue weighted by atomic mass is 9.77. The van der Waals surface area contributed by atoms with E-state index in [2.05, 4.69) is 0 Å². The highest BCUT2D eigenvalue weighted by molar-refractivity contribution is 7.99. The Labute approximate surface area is 93.0 Å². The summed E-state index contributed by atoms with van der Waals surface area (Å²) < 4.78 is 25.1. The molecule has 1 saturated carbocycles. The van der Waals surface area contributed by atoms with E-state index in [4.69, 9.17) is 0 Å². The number of ketones is 1. The summed E-state index contributed by atoms with van der Waals surface area (Å²) in [5.41, 5.74) is 0. The average molecular weight is 234 g/mol. The van der Waals surface area contributed by atoms with E-state index in [1.54, 1.807) is 0 Å². The molecule has 0 spiro atoms. The smallest absolute Gasteiger partial charge is 0.248 e. The molecule has 1 heterocycles. The number of carbonyl (C=O) groups is 1. The number of carbonyl (C=O) groups excluding carboxylic acids is 1. The highest BCUT2D eigenvalue weighted by Crippen LogP contribution is 2.44. The third kappa shape index (κ3) is 3.16. The fourth-order valence-electron chi connectivity index (χ4n) is 2.40. The molecule has 1 aliphatic carbocycles. The van der Waals surface area contributed by atoms with E-state index in [1.165, 1.54) is 0 Å². The van der Waals surface area contributed by atoms with Crippen molar-refractivity contribution >= 4 is 17.5 Å². The van der Waals surface area contributed by atoms with Crippen LogP contribution in [0.1, 0.15) is 32.1 Å². The maximum Gasteiger partial charge on any atom is 0.248 e. The number of Topliss-reactive ketones (excluding diaryl/α,β-unsaturated/α-hetero) is 1. The number of hydrogen-bond donors (Lipinski definition) is 0. The number of halogens is 2. The van der Waals surface area contributed by atoms with E-state index in [-0.39, 0.29) is 24.5 Å². The third-order valence-corrected chi connectivity index (χ3v) is 4.46. The number of rotatable bonds is 4. The summed E-state index contributed by atoms with van der Waals surface area (Å²) in [6.07, 6.45) is 1.99. The molecule has 1 unspecified atom stereocenters. The summed E-state index contributed by atoms with van der Waals surface area (Å²) in [5, 5.41) is 0. The molecule has 2 fully saturated rings. The van der Waals surface area contributed by atoms with E-state index in [0.717, 1.165) is 17.9 Å². The molecule has 0 N–H and O–H groups in total. The second-order valence-corrected chi connectivity index (χ2v) is 5.96. The van der Waals surface area contributed by atoms with Crippen molar-refractivity contribution in [3.63, 3.8) is 0 Å². The molecule has 0 radical (unpaired) electrons. The van der Waals surface area contributed by atoms with Crippen LogP contribution in [0.2, 0.25) is 0 Å². The second kappa shape index (κ2) is 4.40. The fraction of sp³-hybridized carbons (Fsp3) is 0.909. The second-order valence-electron chi connectivity index (χ2n) is 4.81. The van der Waals surface area contributed by atoms with Crippen LogP contribution in [-0.2, 0) is 4.79 Å². The molecular formula is C11H16F2OS. The van der Waals surface area contributed by atoms with E-state index in [1.807, 2.05) is 11.8 Å². The third-order valence-electron chi connectivity index (χ3n) is 3.23. The van der Waals surface area contributed by atoms with Crippen molar-refractivity contribution in [2.45, 2.75) is 38.0 Å². The zero-order chi connectivity index (χ0) is 10.9. The zero-order valence-corrected chi connectivity index (χ0v) is 9.49. The molecule has 1 aliphatic heterocycles. The first-order valence-corrected chi connectivity index (χ1v) is 6.68. The molecule has 0 aromatic carbocycles. The Morgan fingerprint density at radius 3 is 2.47 bits per heavy atom. The lowest BCUT2D eigenvalue weighted by Gasteiger charge is -2.34. The standard InChI is InChI=1S/C11H16F2OS/c12-11(13)5-9(6-11)4-10(14)3-8-1-2-15-7-8/h8-9H,1-7H2. The molecule has 2 aliphatic rings. The Balaban J connectivity index is 1.65. The predicted molar refractivity (Wildman–Crippen MR) is 57.3 cm³/mol. The molecule has 0 aromatic heterocycles. The van der Waals surface area contributed by atoms with Crippen molar-refractivity contribution in [2.24, 2.45) is 11.8 Å². The van der Waals surface area contributed by atoms with Crippen LogP contribution in [0, 0.1) is 11.8 Å². The Bertz CT molecular complexity index is 241. The molecule has 0 aromatic rings. The molecule has 86 valence electrons. The molecule has 1 atom stereocenters. The highest BCUT2D eigenvalue weighted by atomic mass is 32.2. The van der Waals surface area contributed by atoms with Crippen LogP contribution in [0.15, 0.2) is 0 Å². The van der Waals surface area contributed by atoms with Crippen LogP contribution in [0.3, 0.4) is 0 Å². The Kier molecular flexibility index (Phi) is 3.33. The maximum absolute atomic E-state index is 12.5. The quantitative estimate of drug-likeness (QED) is 0.743. The lowest BCUT2D eigenvalue weighted by molar-refractivity contribution is -0.132. The molecule has 0 bridgehead atoms. The van der Waals surface area contributed by atoms with Crippen molar-refractivity contribution in [3.05, 3.63) is 0 Å². The Morgan fingerprint density at radius 1 is 1.27 bits per heavy atom. The van der Waals surface area contributed by atoms with Crippen molar-refractivity contribution < 1.29 is 13.6 Å². The van der Waals surface area contributed by atoms with E-state index >= 15 is 0 Å². The van der Waals surface area contributed by atoms with Gasteiger partial charge in [-0.15, -0.1) is 0 Å². The monoisotopic (exact) mass is 234 g/mol. The molecule has 4 heteroatoms. The SMILES string of the molecule is O=C(CC1CCSC1)CC1CC(F)(F)C1. The van der Waals surface area contributed by atoms with Crippen LogP contribution in [0.5, 0.6) is 0 Å². The minimum absolute atomic E-state index is 0.0402. The minimum atomic E-state index is -2.48. The first-order valence-electron chi connectivity index (χ1n) is 5.52. The van der Waals surface area contributed by atoms with Crippen LogP contribution < -0.4 is 0 Å². The molecule has 1 saturated heterocycles. The number of hydrogen-bond acceptors (Lipinski definition) is 2. The topological polar surface area (TPSA) is 17.1 Å². The molecule has 0 amide bonds. The number of thioether (sulfide) groups is 1. The first-order chi connectivity index (χ1) is 7.05. The Morgan fingerprint density at radius 2 is 1.93 bits per heavy atom. The summed E-state index contributed by atoms with van der Waals surface area (Å²) in [7, 11) is 0. The van der Waals surface area contributed by atoms with Gasteiger partial charge in [-0.25, -0.2) is 8.78 Å². The van der Waals surface area contributed by atoms with Crippen molar-refractivity contribution in [1.82, 2.24) is 0 Å². The van der Waals surface area contributed by atoms with Gasteiger partial charge in [0.25, 0.3) is 0 Å². The van der Waals surface area contributed by atoms with Gasteiger partial charge in [0.2, 0.25) is 5.92 Å². The van der Waals surface area contributed by atoms with Gasteiger partial charge in [0.1, 0.15) is 5.78 Å². The van der Waals surface area contributed by atoms with Crippen LogP contribution in [-0.4, -0.2) is 23.2 Å². The zero-order valence-electron chi connectivity index (χ0n) is 8.68. The Hall–Kier alpha value is -0.120. The molecule has 1 nitrogen and oxygen atoms in total. The molecule has 15 heavy (non-hydrogen) atoms. The van der Waals surface area contributed by atoms with Gasteiger partial charge >= 0.3 is 0 Å². The average Bonchev–Trinajstić information content (AvgIpc) is 2.52. The molecular weight excluding hydrogens is 218 g/mol.